The molecule has 1 N–H and O–H groups in total. The molecule has 6 heteroatoms. The number of aryl methyl sites for hydroxylation is 1. The van der Waals surface area contributed by atoms with Gasteiger partial charge in [0, 0.05) is 24.6 Å². The molecule has 2 aromatic carbocycles. The maximum atomic E-state index is 12.2. The van der Waals surface area contributed by atoms with Crippen molar-refractivity contribution in [3.05, 3.63) is 65.2 Å². The number of fused-ring (bicyclic) bond motifs is 1. The van der Waals surface area contributed by atoms with Crippen LogP contribution in [0.2, 0.25) is 0 Å². The Hall–Kier alpha value is -2.99. The highest BCUT2D eigenvalue weighted by atomic mass is 32.1. The van der Waals surface area contributed by atoms with Crippen LogP contribution in [0.1, 0.15) is 23.9 Å². The summed E-state index contributed by atoms with van der Waals surface area (Å²) in [7, 11) is 0. The van der Waals surface area contributed by atoms with Crippen LogP contribution >= 0.6 is 11.3 Å². The van der Waals surface area contributed by atoms with Gasteiger partial charge in [0.15, 0.2) is 0 Å². The molecule has 0 aliphatic carbocycles. The van der Waals surface area contributed by atoms with Crippen LogP contribution in [0, 0.1) is 0 Å². The van der Waals surface area contributed by atoms with Crippen LogP contribution in [0.15, 0.2) is 54.6 Å². The number of hydrogen-bond donors (Lipinski definition) is 1. The average Bonchev–Trinajstić information content (AvgIpc) is 3.09. The fraction of sp³-hybridized carbons (Fsp3) is 0.190. The van der Waals surface area contributed by atoms with Crippen molar-refractivity contribution in [1.29, 1.82) is 0 Å². The summed E-state index contributed by atoms with van der Waals surface area (Å²) in [6.45, 7) is 2.12. The largest absolute Gasteiger partial charge is 0.463 e. The third kappa shape index (κ3) is 5.49. The van der Waals surface area contributed by atoms with Crippen molar-refractivity contribution >= 4 is 45.2 Å². The van der Waals surface area contributed by atoms with Gasteiger partial charge in [0.25, 0.3) is 0 Å². The number of nitrogens with zero attached hydrogens (tertiary/aromatic N) is 1. The van der Waals surface area contributed by atoms with Gasteiger partial charge in [0.1, 0.15) is 0 Å². The van der Waals surface area contributed by atoms with Crippen molar-refractivity contribution in [1.82, 2.24) is 4.98 Å². The number of para-hydroxylation sites is 1. The predicted octanol–water partition coefficient (Wildman–Crippen LogP) is 4.44. The van der Waals surface area contributed by atoms with Crippen LogP contribution in [0.3, 0.4) is 0 Å². The second-order valence-corrected chi connectivity index (χ2v) is 6.95. The average molecular weight is 380 g/mol. The van der Waals surface area contributed by atoms with Crippen molar-refractivity contribution < 1.29 is 14.3 Å². The van der Waals surface area contributed by atoms with E-state index in [4.69, 9.17) is 4.74 Å². The molecule has 138 valence electrons. The van der Waals surface area contributed by atoms with E-state index in [9.17, 15) is 9.59 Å². The SMILES string of the molecule is CCOC(=O)/C=C/c1ccc(NC(=O)CCc2nc3ccccc3s2)cc1. The van der Waals surface area contributed by atoms with E-state index in [1.165, 1.54) is 6.08 Å². The Kier molecular flexibility index (Phi) is 6.33. The summed E-state index contributed by atoms with van der Waals surface area (Å²) >= 11 is 1.62. The fourth-order valence-electron chi connectivity index (χ4n) is 2.50. The molecule has 0 radical (unpaired) electrons. The summed E-state index contributed by atoms with van der Waals surface area (Å²) in [6, 6.07) is 15.2. The Morgan fingerprint density at radius 2 is 1.93 bits per heavy atom. The smallest absolute Gasteiger partial charge is 0.330 e. The minimum Gasteiger partial charge on any atom is -0.463 e. The lowest BCUT2D eigenvalue weighted by Gasteiger charge is -2.05. The van der Waals surface area contributed by atoms with Crippen molar-refractivity contribution in [2.45, 2.75) is 19.8 Å². The highest BCUT2D eigenvalue weighted by Gasteiger charge is 2.07. The zero-order valence-corrected chi connectivity index (χ0v) is 15.8. The number of amides is 1. The lowest BCUT2D eigenvalue weighted by Crippen LogP contribution is -2.12. The molecule has 1 heterocycles. The Balaban J connectivity index is 1.50. The molecule has 0 spiro atoms. The van der Waals surface area contributed by atoms with Gasteiger partial charge in [0.2, 0.25) is 5.91 Å². The van der Waals surface area contributed by atoms with Gasteiger partial charge in [-0.3, -0.25) is 4.79 Å². The van der Waals surface area contributed by atoms with E-state index in [0.717, 1.165) is 26.5 Å². The Morgan fingerprint density at radius 3 is 2.67 bits per heavy atom. The molecule has 1 amide bonds. The Labute approximate surface area is 161 Å². The molecule has 3 aromatic rings. The number of thiazole rings is 1. The Bertz CT molecular complexity index is 928. The minimum atomic E-state index is -0.371. The summed E-state index contributed by atoms with van der Waals surface area (Å²) in [5.74, 6) is -0.422. The van der Waals surface area contributed by atoms with Crippen LogP contribution in [0.4, 0.5) is 5.69 Å². The standard InChI is InChI=1S/C21H20N2O3S/c1-2-26-21(25)14-9-15-7-10-16(11-8-15)22-19(24)12-13-20-23-17-5-3-4-6-18(17)27-20/h3-11,14H,2,12-13H2,1H3,(H,22,24)/b14-9+. The normalized spacial score (nSPS) is 11.0. The lowest BCUT2D eigenvalue weighted by atomic mass is 10.2. The van der Waals surface area contributed by atoms with Gasteiger partial charge in [0.05, 0.1) is 21.8 Å². The molecule has 0 aliphatic rings. The number of hydrogen-bond acceptors (Lipinski definition) is 5. The van der Waals surface area contributed by atoms with Gasteiger partial charge in [-0.15, -0.1) is 11.3 Å². The number of rotatable bonds is 7. The zero-order valence-electron chi connectivity index (χ0n) is 15.0. The maximum absolute atomic E-state index is 12.2. The van der Waals surface area contributed by atoms with Crippen LogP contribution in [-0.2, 0) is 20.7 Å². The summed E-state index contributed by atoms with van der Waals surface area (Å²) in [5.41, 5.74) is 2.55. The van der Waals surface area contributed by atoms with Gasteiger partial charge in [-0.1, -0.05) is 24.3 Å². The maximum Gasteiger partial charge on any atom is 0.330 e. The van der Waals surface area contributed by atoms with Crippen molar-refractivity contribution in [3.8, 4) is 0 Å². The second kappa shape index (κ2) is 9.09. The number of aromatic nitrogens is 1. The van der Waals surface area contributed by atoms with Gasteiger partial charge < -0.3 is 10.1 Å². The molecule has 1 aromatic heterocycles. The summed E-state index contributed by atoms with van der Waals surface area (Å²) in [5, 5.41) is 3.84. The van der Waals surface area contributed by atoms with E-state index < -0.39 is 0 Å². The molecule has 27 heavy (non-hydrogen) atoms. The first-order valence-corrected chi connectivity index (χ1v) is 9.55. The highest BCUT2D eigenvalue weighted by molar-refractivity contribution is 7.18. The molecule has 3 rings (SSSR count). The van der Waals surface area contributed by atoms with E-state index in [1.54, 1.807) is 36.5 Å². The molecule has 0 saturated carbocycles. The van der Waals surface area contributed by atoms with E-state index in [2.05, 4.69) is 10.3 Å². The zero-order chi connectivity index (χ0) is 19.1. The summed E-state index contributed by atoms with van der Waals surface area (Å²) in [6.07, 6.45) is 4.06. The van der Waals surface area contributed by atoms with Gasteiger partial charge in [-0.05, 0) is 42.8 Å². The molecule has 0 aliphatic heterocycles. The van der Waals surface area contributed by atoms with Gasteiger partial charge in [-0.25, -0.2) is 9.78 Å². The number of anilines is 1. The lowest BCUT2D eigenvalue weighted by molar-refractivity contribution is -0.137. The van der Waals surface area contributed by atoms with Crippen LogP contribution in [0.25, 0.3) is 16.3 Å². The van der Waals surface area contributed by atoms with Crippen LogP contribution in [0.5, 0.6) is 0 Å². The van der Waals surface area contributed by atoms with Crippen molar-refractivity contribution in [3.63, 3.8) is 0 Å². The van der Waals surface area contributed by atoms with Gasteiger partial charge >= 0.3 is 5.97 Å². The molecule has 0 unspecified atom stereocenters. The number of nitrogens with one attached hydrogen (secondary N) is 1. The second-order valence-electron chi connectivity index (χ2n) is 5.83. The molecular formula is C21H20N2O3S. The highest BCUT2D eigenvalue weighted by Crippen LogP contribution is 2.22. The molecule has 0 saturated heterocycles. The van der Waals surface area contributed by atoms with Crippen LogP contribution in [-0.4, -0.2) is 23.5 Å². The molecule has 0 bridgehead atoms. The number of ether oxygens (including phenoxy) is 1. The van der Waals surface area contributed by atoms with E-state index in [1.807, 2.05) is 36.4 Å². The topological polar surface area (TPSA) is 68.3 Å². The molecular weight excluding hydrogens is 360 g/mol. The monoisotopic (exact) mass is 380 g/mol. The Morgan fingerprint density at radius 1 is 1.15 bits per heavy atom. The quantitative estimate of drug-likeness (QED) is 0.486. The number of carbonyl (C=O) groups excluding carboxylic acids is 2. The minimum absolute atomic E-state index is 0.0518. The van der Waals surface area contributed by atoms with Gasteiger partial charge in [-0.2, -0.15) is 0 Å². The third-order valence-electron chi connectivity index (χ3n) is 3.80. The third-order valence-corrected chi connectivity index (χ3v) is 4.89. The molecule has 5 nitrogen and oxygen atoms in total. The van der Waals surface area contributed by atoms with E-state index >= 15 is 0 Å². The van der Waals surface area contributed by atoms with Crippen molar-refractivity contribution in [2.24, 2.45) is 0 Å². The first kappa shape index (κ1) is 18.8. The predicted molar refractivity (Wildman–Crippen MR) is 109 cm³/mol. The number of carbonyl (C=O) groups is 2. The summed E-state index contributed by atoms with van der Waals surface area (Å²) < 4.78 is 5.97. The molecule has 0 atom stereocenters. The summed E-state index contributed by atoms with van der Waals surface area (Å²) in [4.78, 5) is 28.0. The van der Waals surface area contributed by atoms with Crippen LogP contribution < -0.4 is 5.32 Å². The first-order valence-electron chi connectivity index (χ1n) is 8.73. The van der Waals surface area contributed by atoms with Crippen molar-refractivity contribution in [2.75, 3.05) is 11.9 Å². The van der Waals surface area contributed by atoms with E-state index in [0.29, 0.717) is 19.4 Å². The fourth-order valence-corrected chi connectivity index (χ4v) is 3.47. The first-order chi connectivity index (χ1) is 13.1. The number of esters is 1. The van der Waals surface area contributed by atoms with E-state index in [-0.39, 0.29) is 11.9 Å². The number of benzene rings is 2. The molecule has 0 fully saturated rings.